The summed E-state index contributed by atoms with van der Waals surface area (Å²) in [4.78, 5) is 32.9. The molecule has 5 N–H and O–H groups in total. The van der Waals surface area contributed by atoms with Gasteiger partial charge in [-0.3, -0.25) is 15.0 Å². The first-order chi connectivity index (χ1) is 11.9. The summed E-state index contributed by atoms with van der Waals surface area (Å²) in [5.74, 6) is -0.146. The number of nitrogen functional groups attached to an aromatic ring is 1. The molecule has 4 rings (SSSR count). The van der Waals surface area contributed by atoms with Gasteiger partial charge < -0.3 is 16.4 Å². The van der Waals surface area contributed by atoms with Crippen molar-refractivity contribution in [3.05, 3.63) is 38.5 Å². The fourth-order valence-electron chi connectivity index (χ4n) is 2.88. The lowest BCUT2D eigenvalue weighted by molar-refractivity contribution is 0.0790. The van der Waals surface area contributed by atoms with Crippen LogP contribution in [0.3, 0.4) is 0 Å². The largest absolute Gasteiger partial charge is 0.382 e. The molecule has 1 spiro atoms. The average molecular weight is 382 g/mol. The van der Waals surface area contributed by atoms with Crippen molar-refractivity contribution in [2.24, 2.45) is 0 Å². The summed E-state index contributed by atoms with van der Waals surface area (Å²) < 4.78 is 1.17. The topological polar surface area (TPSA) is 127 Å². The van der Waals surface area contributed by atoms with E-state index in [0.29, 0.717) is 0 Å². The fraction of sp³-hybridized carbons (Fsp3) is 0.286. The molecule has 0 saturated heterocycles. The molecular weight excluding hydrogens is 369 g/mol. The maximum atomic E-state index is 12.8. The highest BCUT2D eigenvalue weighted by atomic mass is 35.5. The van der Waals surface area contributed by atoms with Crippen LogP contribution in [-0.2, 0) is 0 Å². The third kappa shape index (κ3) is 2.47. The van der Waals surface area contributed by atoms with Gasteiger partial charge in [0.15, 0.2) is 5.82 Å². The monoisotopic (exact) mass is 381 g/mol. The van der Waals surface area contributed by atoms with Gasteiger partial charge in [-0.15, -0.1) is 0 Å². The van der Waals surface area contributed by atoms with E-state index < -0.39 is 17.1 Å². The van der Waals surface area contributed by atoms with Gasteiger partial charge >= 0.3 is 0 Å². The van der Waals surface area contributed by atoms with Gasteiger partial charge in [-0.05, 0) is 25.3 Å². The average Bonchev–Trinajstić information content (AvgIpc) is 2.54. The number of nitrogens with two attached hydrogens (primary N) is 1. The predicted molar refractivity (Wildman–Crippen MR) is 93.9 cm³/mol. The molecule has 1 aliphatic heterocycles. The van der Waals surface area contributed by atoms with E-state index in [0.717, 1.165) is 19.3 Å². The molecule has 1 fully saturated rings. The number of carbonyl (C=O) groups excluding carboxylic acids is 1. The van der Waals surface area contributed by atoms with Crippen LogP contribution in [0.25, 0.3) is 0 Å². The Hall–Kier alpha value is -2.52. The van der Waals surface area contributed by atoms with Crippen LogP contribution in [0.2, 0.25) is 10.0 Å². The number of anilines is 3. The van der Waals surface area contributed by atoms with E-state index in [1.165, 1.54) is 17.1 Å². The number of rotatable bonds is 2. The first-order valence-electron chi connectivity index (χ1n) is 7.49. The van der Waals surface area contributed by atoms with Crippen LogP contribution in [0.4, 0.5) is 17.3 Å². The lowest BCUT2D eigenvalue weighted by Gasteiger charge is -2.47. The summed E-state index contributed by atoms with van der Waals surface area (Å²) in [7, 11) is 0. The molecule has 0 atom stereocenters. The summed E-state index contributed by atoms with van der Waals surface area (Å²) in [6, 6.07) is 1.35. The van der Waals surface area contributed by atoms with Crippen LogP contribution < -0.4 is 27.4 Å². The van der Waals surface area contributed by atoms with E-state index >= 15 is 0 Å². The molecule has 25 heavy (non-hydrogen) atoms. The predicted octanol–water partition coefficient (Wildman–Crippen LogP) is 1.44. The number of fused-ring (bicyclic) bond motifs is 1. The molecule has 2 aromatic heterocycles. The number of aromatic nitrogens is 3. The number of carbonyl (C=O) groups is 1. The Morgan fingerprint density at radius 1 is 1.28 bits per heavy atom. The minimum Gasteiger partial charge on any atom is -0.382 e. The lowest BCUT2D eigenvalue weighted by Crippen LogP contribution is -2.67. The smallest absolute Gasteiger partial charge is 0.293 e. The summed E-state index contributed by atoms with van der Waals surface area (Å²) in [6.45, 7) is 0. The Morgan fingerprint density at radius 3 is 2.72 bits per heavy atom. The van der Waals surface area contributed by atoms with Crippen LogP contribution in [0, 0.1) is 0 Å². The molecule has 130 valence electrons. The molecule has 0 aromatic carbocycles. The minimum absolute atomic E-state index is 0.0584. The van der Waals surface area contributed by atoms with E-state index in [9.17, 15) is 9.59 Å². The van der Waals surface area contributed by atoms with Gasteiger partial charge in [-0.2, -0.15) is 0 Å². The highest BCUT2D eigenvalue weighted by molar-refractivity contribution is 6.35. The molecule has 1 amide bonds. The van der Waals surface area contributed by atoms with Crippen molar-refractivity contribution in [2.45, 2.75) is 24.9 Å². The van der Waals surface area contributed by atoms with Crippen LogP contribution in [-0.4, -0.2) is 26.2 Å². The Labute approximate surface area is 151 Å². The van der Waals surface area contributed by atoms with Crippen molar-refractivity contribution in [2.75, 3.05) is 16.5 Å². The van der Waals surface area contributed by atoms with Crippen LogP contribution >= 0.6 is 23.2 Å². The third-order valence-corrected chi connectivity index (χ3v) is 4.99. The number of hydrogen-bond acceptors (Lipinski definition) is 7. The van der Waals surface area contributed by atoms with Crippen LogP contribution in [0.15, 0.2) is 17.2 Å². The van der Waals surface area contributed by atoms with Crippen molar-refractivity contribution < 1.29 is 4.79 Å². The van der Waals surface area contributed by atoms with Crippen molar-refractivity contribution in [3.63, 3.8) is 0 Å². The first-order valence-corrected chi connectivity index (χ1v) is 8.25. The zero-order valence-electron chi connectivity index (χ0n) is 12.8. The Kier molecular flexibility index (Phi) is 3.51. The number of halogens is 2. The number of nitrogens with one attached hydrogen (secondary N) is 3. The maximum absolute atomic E-state index is 12.8. The minimum atomic E-state index is -0.604. The fourth-order valence-corrected chi connectivity index (χ4v) is 3.30. The van der Waals surface area contributed by atoms with Gasteiger partial charge in [0.25, 0.3) is 11.5 Å². The number of hydrogen-bond donors (Lipinski definition) is 4. The van der Waals surface area contributed by atoms with Crippen molar-refractivity contribution >= 4 is 46.4 Å². The van der Waals surface area contributed by atoms with Crippen LogP contribution in [0.1, 0.15) is 29.8 Å². The summed E-state index contributed by atoms with van der Waals surface area (Å²) in [5.41, 5.74) is 7.77. The maximum Gasteiger partial charge on any atom is 0.293 e. The van der Waals surface area contributed by atoms with Crippen molar-refractivity contribution in [1.82, 2.24) is 20.0 Å². The van der Waals surface area contributed by atoms with Gasteiger partial charge in [-0.1, -0.05) is 23.2 Å². The zero-order valence-corrected chi connectivity index (χ0v) is 14.3. The van der Waals surface area contributed by atoms with E-state index in [1.807, 2.05) is 0 Å². The van der Waals surface area contributed by atoms with E-state index in [2.05, 4.69) is 26.0 Å². The van der Waals surface area contributed by atoms with Crippen molar-refractivity contribution in [3.8, 4) is 0 Å². The van der Waals surface area contributed by atoms with Gasteiger partial charge in [0.2, 0.25) is 0 Å². The van der Waals surface area contributed by atoms with Gasteiger partial charge in [-0.25, -0.2) is 14.6 Å². The summed E-state index contributed by atoms with van der Waals surface area (Å²) in [6.07, 6.45) is 3.64. The second kappa shape index (κ2) is 5.50. The third-order valence-electron chi connectivity index (χ3n) is 4.32. The second-order valence-electron chi connectivity index (χ2n) is 5.94. The number of nitrogens with zero attached hydrogens (tertiary/aromatic N) is 3. The molecule has 0 unspecified atom stereocenters. The Balaban J connectivity index is 1.80. The van der Waals surface area contributed by atoms with Crippen molar-refractivity contribution in [1.29, 1.82) is 0 Å². The molecule has 0 bridgehead atoms. The Bertz CT molecular complexity index is 955. The zero-order chi connectivity index (χ0) is 17.8. The molecule has 1 saturated carbocycles. The highest BCUT2D eigenvalue weighted by Crippen LogP contribution is 2.34. The number of amides is 1. The quantitative estimate of drug-likeness (QED) is 0.619. The van der Waals surface area contributed by atoms with Gasteiger partial charge in [0, 0.05) is 0 Å². The SMILES string of the molecule is Nc1ncnc(Nc2cc(Cl)c3n(c2=O)NC2(CCC2)NC3=O)c1Cl. The van der Waals surface area contributed by atoms with Gasteiger partial charge in [0.05, 0.1) is 5.02 Å². The molecule has 2 aliphatic rings. The molecule has 1 aliphatic carbocycles. The summed E-state index contributed by atoms with van der Waals surface area (Å²) >= 11 is 12.3. The van der Waals surface area contributed by atoms with E-state index in [4.69, 9.17) is 28.9 Å². The first kappa shape index (κ1) is 16.0. The molecule has 3 heterocycles. The Morgan fingerprint density at radius 2 is 2.04 bits per heavy atom. The number of pyridine rings is 1. The molecule has 9 nitrogen and oxygen atoms in total. The van der Waals surface area contributed by atoms with E-state index in [1.54, 1.807) is 0 Å². The highest BCUT2D eigenvalue weighted by Gasteiger charge is 2.44. The second-order valence-corrected chi connectivity index (χ2v) is 6.73. The standard InChI is InChI=1S/C14H13Cl2N7O2/c15-6-4-7(20-11-8(16)10(17)18-5-19-11)13(25)23-9(6)12(24)21-14(22-23)2-1-3-14/h4-5,22H,1-3H2,(H,21,24)(H3,17,18,19,20). The molecular formula is C14H13Cl2N7O2. The van der Waals surface area contributed by atoms with Crippen LogP contribution in [0.5, 0.6) is 0 Å². The molecule has 2 aromatic rings. The lowest BCUT2D eigenvalue weighted by atomic mass is 9.84. The normalized spacial score (nSPS) is 17.3. The van der Waals surface area contributed by atoms with Gasteiger partial charge in [0.1, 0.15) is 34.2 Å². The molecule has 0 radical (unpaired) electrons. The van der Waals surface area contributed by atoms with E-state index in [-0.39, 0.29) is 33.1 Å². The molecule has 11 heteroatoms. The summed E-state index contributed by atoms with van der Waals surface area (Å²) in [5, 5.41) is 5.86.